The summed E-state index contributed by atoms with van der Waals surface area (Å²) in [5.74, 6) is 0.780. The van der Waals surface area contributed by atoms with Crippen LogP contribution in [-0.4, -0.2) is 19.2 Å². The molecule has 0 radical (unpaired) electrons. The van der Waals surface area contributed by atoms with Crippen molar-refractivity contribution >= 4 is 27.2 Å². The van der Waals surface area contributed by atoms with E-state index in [4.69, 9.17) is 0 Å². The maximum Gasteiger partial charge on any atom is 0.232 e. The molecule has 118 valence electrons. The van der Waals surface area contributed by atoms with Gasteiger partial charge < -0.3 is 5.32 Å². The van der Waals surface area contributed by atoms with Gasteiger partial charge in [-0.1, -0.05) is 19.1 Å². The zero-order valence-electron chi connectivity index (χ0n) is 13.1. The van der Waals surface area contributed by atoms with Gasteiger partial charge in [-0.3, -0.25) is 4.72 Å². The number of nitrogens with one attached hydrogen (secondary N) is 2. The second kappa shape index (κ2) is 6.79. The van der Waals surface area contributed by atoms with Crippen LogP contribution in [0.3, 0.4) is 0 Å². The highest BCUT2D eigenvalue weighted by atomic mass is 32.2. The van der Waals surface area contributed by atoms with Gasteiger partial charge in [0.25, 0.3) is 0 Å². The molecule has 0 unspecified atom stereocenters. The van der Waals surface area contributed by atoms with E-state index in [2.05, 4.69) is 27.2 Å². The topological polar surface area (TPSA) is 71.1 Å². The third-order valence-electron chi connectivity index (χ3n) is 3.17. The largest absolute Gasteiger partial charge is 0.340 e. The fourth-order valence-electron chi connectivity index (χ4n) is 2.04. The van der Waals surface area contributed by atoms with E-state index >= 15 is 0 Å². The lowest BCUT2D eigenvalue weighted by molar-refractivity contribution is 0.600. The van der Waals surface area contributed by atoms with Crippen molar-refractivity contribution < 1.29 is 8.42 Å². The van der Waals surface area contributed by atoms with Gasteiger partial charge in [0.15, 0.2) is 0 Å². The molecule has 6 heteroatoms. The molecule has 0 amide bonds. The number of rotatable bonds is 6. The Morgan fingerprint density at radius 1 is 1.14 bits per heavy atom. The number of hydrogen-bond acceptors (Lipinski definition) is 4. The van der Waals surface area contributed by atoms with E-state index in [0.717, 1.165) is 16.8 Å². The lowest BCUT2D eigenvalue weighted by atomic mass is 10.1. The number of hydrogen-bond donors (Lipinski definition) is 2. The Morgan fingerprint density at radius 3 is 2.55 bits per heavy atom. The fourth-order valence-corrected chi connectivity index (χ4v) is 3.16. The van der Waals surface area contributed by atoms with Gasteiger partial charge in [0.2, 0.25) is 10.0 Å². The fraction of sp³-hybridized carbons (Fsp3) is 0.312. The summed E-state index contributed by atoms with van der Waals surface area (Å²) in [5.41, 5.74) is 3.75. The molecular weight excluding hydrogens is 298 g/mol. The number of anilines is 3. The highest BCUT2D eigenvalue weighted by molar-refractivity contribution is 7.92. The van der Waals surface area contributed by atoms with E-state index in [1.807, 2.05) is 26.8 Å². The normalized spacial score (nSPS) is 11.2. The number of pyridine rings is 1. The summed E-state index contributed by atoms with van der Waals surface area (Å²) in [7, 11) is -3.28. The minimum Gasteiger partial charge on any atom is -0.340 e. The smallest absolute Gasteiger partial charge is 0.232 e. The van der Waals surface area contributed by atoms with E-state index in [9.17, 15) is 8.42 Å². The maximum atomic E-state index is 11.7. The second-order valence-corrected chi connectivity index (χ2v) is 7.14. The van der Waals surface area contributed by atoms with Gasteiger partial charge >= 0.3 is 0 Å². The van der Waals surface area contributed by atoms with Crippen molar-refractivity contribution in [3.63, 3.8) is 0 Å². The first-order valence-corrected chi connectivity index (χ1v) is 8.85. The summed E-state index contributed by atoms with van der Waals surface area (Å²) in [6, 6.07) is 9.61. The molecule has 1 aromatic carbocycles. The Balaban J connectivity index is 2.11. The molecular formula is C16H21N3O2S. The van der Waals surface area contributed by atoms with Crippen LogP contribution in [0.15, 0.2) is 36.5 Å². The molecule has 0 spiro atoms. The van der Waals surface area contributed by atoms with Crippen LogP contribution < -0.4 is 10.0 Å². The van der Waals surface area contributed by atoms with E-state index in [0.29, 0.717) is 17.9 Å². The van der Waals surface area contributed by atoms with Gasteiger partial charge in [0.05, 0.1) is 17.6 Å². The van der Waals surface area contributed by atoms with Gasteiger partial charge in [-0.2, -0.15) is 0 Å². The Morgan fingerprint density at radius 2 is 1.91 bits per heavy atom. The Bertz CT molecular complexity index is 740. The van der Waals surface area contributed by atoms with E-state index in [1.165, 1.54) is 6.20 Å². The molecule has 1 heterocycles. The van der Waals surface area contributed by atoms with Crippen molar-refractivity contribution in [2.45, 2.75) is 27.2 Å². The van der Waals surface area contributed by atoms with Crippen molar-refractivity contribution in [3.8, 4) is 0 Å². The summed E-state index contributed by atoms with van der Waals surface area (Å²) in [5, 5.41) is 3.24. The van der Waals surface area contributed by atoms with Crippen LogP contribution in [0.5, 0.6) is 0 Å². The van der Waals surface area contributed by atoms with Crippen LogP contribution in [0.2, 0.25) is 0 Å². The van der Waals surface area contributed by atoms with Crippen molar-refractivity contribution in [1.29, 1.82) is 0 Å². The third-order valence-corrected chi connectivity index (χ3v) is 4.66. The summed E-state index contributed by atoms with van der Waals surface area (Å²) in [6.45, 7) is 5.88. The summed E-state index contributed by atoms with van der Waals surface area (Å²) < 4.78 is 25.9. The molecule has 2 rings (SSSR count). The van der Waals surface area contributed by atoms with Crippen molar-refractivity contribution in [1.82, 2.24) is 4.98 Å². The lowest BCUT2D eigenvalue weighted by Gasteiger charge is -2.11. The number of aryl methyl sites for hydroxylation is 2. The average Bonchev–Trinajstić information content (AvgIpc) is 2.44. The Labute approximate surface area is 131 Å². The third kappa shape index (κ3) is 4.46. The maximum absolute atomic E-state index is 11.7. The molecule has 2 aromatic rings. The molecule has 1 aromatic heterocycles. The van der Waals surface area contributed by atoms with Crippen LogP contribution in [0, 0.1) is 13.8 Å². The van der Waals surface area contributed by atoms with Crippen molar-refractivity contribution in [2.75, 3.05) is 15.8 Å². The Hall–Kier alpha value is -2.08. The van der Waals surface area contributed by atoms with Gasteiger partial charge in [0.1, 0.15) is 5.82 Å². The first-order chi connectivity index (χ1) is 10.4. The molecule has 0 saturated carbocycles. The Kier molecular flexibility index (Phi) is 5.03. The van der Waals surface area contributed by atoms with Crippen LogP contribution in [-0.2, 0) is 10.0 Å². The predicted octanol–water partition coefficient (Wildman–Crippen LogP) is 3.59. The van der Waals surface area contributed by atoms with Crippen LogP contribution in [0.25, 0.3) is 0 Å². The number of benzene rings is 1. The second-order valence-electron chi connectivity index (χ2n) is 5.30. The zero-order valence-corrected chi connectivity index (χ0v) is 13.9. The van der Waals surface area contributed by atoms with E-state index < -0.39 is 10.0 Å². The highest BCUT2D eigenvalue weighted by Crippen LogP contribution is 2.21. The van der Waals surface area contributed by atoms with E-state index in [-0.39, 0.29) is 5.75 Å². The van der Waals surface area contributed by atoms with Crippen LogP contribution in [0.4, 0.5) is 17.2 Å². The van der Waals surface area contributed by atoms with Gasteiger partial charge in [0, 0.05) is 5.69 Å². The summed E-state index contributed by atoms with van der Waals surface area (Å²) >= 11 is 0. The standard InChI is InChI=1S/C16H21N3O2S/c1-4-9-22(20,21)19-14-7-8-16(17-11-14)18-15-10-12(2)5-6-13(15)3/h5-8,10-11,19H,4,9H2,1-3H3,(H,17,18). The zero-order chi connectivity index (χ0) is 16.2. The monoisotopic (exact) mass is 319 g/mol. The van der Waals surface area contributed by atoms with Gasteiger partial charge in [-0.15, -0.1) is 0 Å². The van der Waals surface area contributed by atoms with Crippen molar-refractivity contribution in [2.24, 2.45) is 0 Å². The molecule has 0 saturated heterocycles. The molecule has 5 nitrogen and oxygen atoms in total. The molecule has 0 fully saturated rings. The minimum atomic E-state index is -3.28. The average molecular weight is 319 g/mol. The minimum absolute atomic E-state index is 0.107. The lowest BCUT2D eigenvalue weighted by Crippen LogP contribution is -2.16. The van der Waals surface area contributed by atoms with Crippen molar-refractivity contribution in [3.05, 3.63) is 47.7 Å². The summed E-state index contributed by atoms with van der Waals surface area (Å²) in [6.07, 6.45) is 2.09. The van der Waals surface area contributed by atoms with E-state index in [1.54, 1.807) is 12.1 Å². The van der Waals surface area contributed by atoms with Crippen LogP contribution >= 0.6 is 0 Å². The SMILES string of the molecule is CCCS(=O)(=O)Nc1ccc(Nc2cc(C)ccc2C)nc1. The molecule has 0 aliphatic heterocycles. The molecule has 0 aliphatic rings. The molecule has 2 N–H and O–H groups in total. The first kappa shape index (κ1) is 16.3. The molecule has 0 aliphatic carbocycles. The number of sulfonamides is 1. The summed E-state index contributed by atoms with van der Waals surface area (Å²) in [4.78, 5) is 4.25. The van der Waals surface area contributed by atoms with Gasteiger partial charge in [-0.25, -0.2) is 13.4 Å². The molecule has 0 bridgehead atoms. The molecule has 22 heavy (non-hydrogen) atoms. The number of nitrogens with zero attached hydrogens (tertiary/aromatic N) is 1. The first-order valence-electron chi connectivity index (χ1n) is 7.20. The van der Waals surface area contributed by atoms with Gasteiger partial charge in [-0.05, 0) is 49.6 Å². The predicted molar refractivity (Wildman–Crippen MR) is 91.1 cm³/mol. The quantitative estimate of drug-likeness (QED) is 0.853. The highest BCUT2D eigenvalue weighted by Gasteiger charge is 2.09. The number of aromatic nitrogens is 1. The van der Waals surface area contributed by atoms with Crippen LogP contribution in [0.1, 0.15) is 24.5 Å². The molecule has 0 atom stereocenters.